The minimum absolute atomic E-state index is 0.0387. The number of hydrogen-bond donors (Lipinski definition) is 1. The van der Waals surface area contributed by atoms with E-state index < -0.39 is 0 Å². The van der Waals surface area contributed by atoms with Crippen molar-refractivity contribution in [2.45, 2.75) is 19.4 Å². The first-order valence-corrected chi connectivity index (χ1v) is 5.12. The van der Waals surface area contributed by atoms with Gasteiger partial charge in [-0.3, -0.25) is 0 Å². The third-order valence-corrected chi connectivity index (χ3v) is 2.49. The molecule has 1 aromatic rings. The molecule has 1 atom stereocenters. The highest BCUT2D eigenvalue weighted by molar-refractivity contribution is 5.25. The molecular formula is C12H18FNO. The van der Waals surface area contributed by atoms with Gasteiger partial charge in [0.25, 0.3) is 0 Å². The number of methoxy groups -OCH3 is 1. The van der Waals surface area contributed by atoms with Gasteiger partial charge in [0.05, 0.1) is 6.10 Å². The second kappa shape index (κ2) is 5.83. The summed E-state index contributed by atoms with van der Waals surface area (Å²) in [5, 5.41) is 3.07. The molecule has 1 unspecified atom stereocenters. The fourth-order valence-corrected chi connectivity index (χ4v) is 1.56. The van der Waals surface area contributed by atoms with Crippen LogP contribution in [-0.4, -0.2) is 20.7 Å². The number of hydrogen-bond acceptors (Lipinski definition) is 2. The van der Waals surface area contributed by atoms with Crippen molar-refractivity contribution >= 4 is 0 Å². The normalized spacial score (nSPS) is 12.8. The van der Waals surface area contributed by atoms with Crippen LogP contribution in [0.25, 0.3) is 0 Å². The smallest absolute Gasteiger partial charge is 0.126 e. The van der Waals surface area contributed by atoms with Crippen molar-refractivity contribution in [3.8, 4) is 0 Å². The molecule has 0 aliphatic heterocycles. The Bertz CT molecular complexity index is 314. The lowest BCUT2D eigenvalue weighted by Crippen LogP contribution is -2.13. The van der Waals surface area contributed by atoms with Gasteiger partial charge in [-0.25, -0.2) is 4.39 Å². The summed E-state index contributed by atoms with van der Waals surface area (Å²) in [4.78, 5) is 0. The van der Waals surface area contributed by atoms with Crippen LogP contribution in [0.5, 0.6) is 0 Å². The van der Waals surface area contributed by atoms with Gasteiger partial charge in [0.2, 0.25) is 0 Å². The van der Waals surface area contributed by atoms with E-state index in [2.05, 4.69) is 5.32 Å². The second-order valence-corrected chi connectivity index (χ2v) is 3.63. The Balaban J connectivity index is 2.78. The molecule has 0 radical (unpaired) electrons. The minimum Gasteiger partial charge on any atom is -0.377 e. The largest absolute Gasteiger partial charge is 0.377 e. The van der Waals surface area contributed by atoms with Gasteiger partial charge < -0.3 is 10.1 Å². The zero-order chi connectivity index (χ0) is 11.3. The van der Waals surface area contributed by atoms with Gasteiger partial charge in [-0.05, 0) is 44.1 Å². The van der Waals surface area contributed by atoms with Crippen LogP contribution in [0.1, 0.15) is 23.7 Å². The Labute approximate surface area is 90.4 Å². The Kier molecular flexibility index (Phi) is 4.72. The van der Waals surface area contributed by atoms with E-state index in [0.717, 1.165) is 18.5 Å². The van der Waals surface area contributed by atoms with Crippen LogP contribution in [0.2, 0.25) is 0 Å². The molecule has 0 aliphatic rings. The summed E-state index contributed by atoms with van der Waals surface area (Å²) in [7, 11) is 3.58. The number of rotatable bonds is 5. The van der Waals surface area contributed by atoms with Crippen LogP contribution in [-0.2, 0) is 4.74 Å². The summed E-state index contributed by atoms with van der Waals surface area (Å²) in [5.74, 6) is -0.165. The van der Waals surface area contributed by atoms with E-state index in [4.69, 9.17) is 4.74 Å². The SMILES string of the molecule is CNCCC(OC)c1ccc(F)c(C)c1. The molecule has 1 N–H and O–H groups in total. The number of nitrogens with one attached hydrogen (secondary N) is 1. The monoisotopic (exact) mass is 211 g/mol. The second-order valence-electron chi connectivity index (χ2n) is 3.63. The molecule has 84 valence electrons. The molecule has 3 heteroatoms. The lowest BCUT2D eigenvalue weighted by molar-refractivity contribution is 0.0960. The summed E-state index contributed by atoms with van der Waals surface area (Å²) >= 11 is 0. The topological polar surface area (TPSA) is 21.3 Å². The molecule has 0 aliphatic carbocycles. The molecule has 15 heavy (non-hydrogen) atoms. The fraction of sp³-hybridized carbons (Fsp3) is 0.500. The zero-order valence-electron chi connectivity index (χ0n) is 9.51. The van der Waals surface area contributed by atoms with E-state index >= 15 is 0 Å². The summed E-state index contributed by atoms with van der Waals surface area (Å²) in [6, 6.07) is 5.13. The van der Waals surface area contributed by atoms with Crippen LogP contribution < -0.4 is 5.32 Å². The van der Waals surface area contributed by atoms with Crippen molar-refractivity contribution in [2.75, 3.05) is 20.7 Å². The fourth-order valence-electron chi connectivity index (χ4n) is 1.56. The number of halogens is 1. The van der Waals surface area contributed by atoms with Crippen LogP contribution in [0.15, 0.2) is 18.2 Å². The lowest BCUT2D eigenvalue weighted by Gasteiger charge is -2.16. The average Bonchev–Trinajstić information content (AvgIpc) is 2.24. The number of aryl methyl sites for hydroxylation is 1. The third kappa shape index (κ3) is 3.29. The maximum atomic E-state index is 13.1. The first kappa shape index (κ1) is 12.1. The molecule has 1 aromatic carbocycles. The van der Waals surface area contributed by atoms with Crippen molar-refractivity contribution in [2.24, 2.45) is 0 Å². The Hall–Kier alpha value is -0.930. The van der Waals surface area contributed by atoms with E-state index in [1.54, 1.807) is 20.1 Å². The molecule has 0 saturated heterocycles. The highest BCUT2D eigenvalue weighted by atomic mass is 19.1. The van der Waals surface area contributed by atoms with E-state index in [-0.39, 0.29) is 11.9 Å². The average molecular weight is 211 g/mol. The van der Waals surface area contributed by atoms with E-state index in [0.29, 0.717) is 5.56 Å². The molecule has 2 nitrogen and oxygen atoms in total. The van der Waals surface area contributed by atoms with Crippen LogP contribution >= 0.6 is 0 Å². The van der Waals surface area contributed by atoms with Gasteiger partial charge in [-0.1, -0.05) is 12.1 Å². The number of benzene rings is 1. The van der Waals surface area contributed by atoms with Gasteiger partial charge in [-0.15, -0.1) is 0 Å². The van der Waals surface area contributed by atoms with Crippen molar-refractivity contribution < 1.29 is 9.13 Å². The van der Waals surface area contributed by atoms with Gasteiger partial charge in [0, 0.05) is 7.11 Å². The molecule has 0 amide bonds. The Morgan fingerprint density at radius 3 is 2.73 bits per heavy atom. The molecule has 0 aromatic heterocycles. The first-order valence-electron chi connectivity index (χ1n) is 5.12. The van der Waals surface area contributed by atoms with E-state index in [9.17, 15) is 4.39 Å². The number of ether oxygens (including phenoxy) is 1. The van der Waals surface area contributed by atoms with Crippen LogP contribution in [0.4, 0.5) is 4.39 Å². The quantitative estimate of drug-likeness (QED) is 0.807. The first-order chi connectivity index (χ1) is 7.19. The highest BCUT2D eigenvalue weighted by Crippen LogP contribution is 2.21. The summed E-state index contributed by atoms with van der Waals surface area (Å²) < 4.78 is 18.4. The van der Waals surface area contributed by atoms with Crippen molar-refractivity contribution in [3.63, 3.8) is 0 Å². The van der Waals surface area contributed by atoms with Crippen molar-refractivity contribution in [1.82, 2.24) is 5.32 Å². The van der Waals surface area contributed by atoms with E-state index in [1.165, 1.54) is 6.07 Å². The standard InChI is InChI=1S/C12H18FNO/c1-9-8-10(4-5-11(9)13)12(15-3)6-7-14-2/h4-5,8,12,14H,6-7H2,1-3H3. The van der Waals surface area contributed by atoms with Gasteiger partial charge in [0.15, 0.2) is 0 Å². The summed E-state index contributed by atoms with van der Waals surface area (Å²) in [6.45, 7) is 2.65. The van der Waals surface area contributed by atoms with Crippen LogP contribution in [0, 0.1) is 12.7 Å². The van der Waals surface area contributed by atoms with Crippen LogP contribution in [0.3, 0.4) is 0 Å². The molecule has 0 fully saturated rings. The lowest BCUT2D eigenvalue weighted by atomic mass is 10.0. The molecule has 0 saturated carbocycles. The molecule has 1 rings (SSSR count). The molecule has 0 heterocycles. The zero-order valence-corrected chi connectivity index (χ0v) is 9.51. The molecular weight excluding hydrogens is 193 g/mol. The predicted molar refractivity (Wildman–Crippen MR) is 59.4 cm³/mol. The third-order valence-electron chi connectivity index (χ3n) is 2.49. The Morgan fingerprint density at radius 1 is 1.47 bits per heavy atom. The van der Waals surface area contributed by atoms with Gasteiger partial charge in [0.1, 0.15) is 5.82 Å². The van der Waals surface area contributed by atoms with Crippen molar-refractivity contribution in [3.05, 3.63) is 35.1 Å². The molecule has 0 bridgehead atoms. The Morgan fingerprint density at radius 2 is 2.20 bits per heavy atom. The highest BCUT2D eigenvalue weighted by Gasteiger charge is 2.10. The van der Waals surface area contributed by atoms with E-state index in [1.807, 2.05) is 13.1 Å². The van der Waals surface area contributed by atoms with Gasteiger partial charge in [-0.2, -0.15) is 0 Å². The van der Waals surface area contributed by atoms with Crippen molar-refractivity contribution in [1.29, 1.82) is 0 Å². The van der Waals surface area contributed by atoms with Gasteiger partial charge >= 0.3 is 0 Å². The maximum Gasteiger partial charge on any atom is 0.126 e. The minimum atomic E-state index is -0.165. The molecule has 0 spiro atoms. The summed E-state index contributed by atoms with van der Waals surface area (Å²) in [5.41, 5.74) is 1.70. The predicted octanol–water partition coefficient (Wildman–Crippen LogP) is 2.43. The summed E-state index contributed by atoms with van der Waals surface area (Å²) in [6.07, 6.45) is 0.926. The maximum absolute atomic E-state index is 13.1.